The Hall–Kier alpha value is -2.21. The van der Waals surface area contributed by atoms with E-state index in [4.69, 9.17) is 21.1 Å². The van der Waals surface area contributed by atoms with Crippen molar-refractivity contribution < 1.29 is 14.3 Å². The van der Waals surface area contributed by atoms with Crippen LogP contribution in [0, 0.1) is 0 Å². The first kappa shape index (κ1) is 16.2. The third kappa shape index (κ3) is 3.33. The van der Waals surface area contributed by atoms with Gasteiger partial charge < -0.3 is 14.4 Å². The van der Waals surface area contributed by atoms with E-state index >= 15 is 0 Å². The highest BCUT2D eigenvalue weighted by atomic mass is 35.5. The first-order chi connectivity index (χ1) is 10.5. The van der Waals surface area contributed by atoms with Crippen LogP contribution in [0.2, 0.25) is 5.02 Å². The molecule has 7 heteroatoms. The summed E-state index contributed by atoms with van der Waals surface area (Å²) < 4.78 is 12.1. The molecule has 0 atom stereocenters. The SMILES string of the molecule is COc1cc(C(=O)N(C)Cc2cnn(C)c2)cc(Cl)c1OC. The second kappa shape index (κ2) is 6.70. The third-order valence-corrected chi connectivity index (χ3v) is 3.49. The van der Waals surface area contributed by atoms with Gasteiger partial charge in [-0.05, 0) is 12.1 Å². The maximum Gasteiger partial charge on any atom is 0.254 e. The summed E-state index contributed by atoms with van der Waals surface area (Å²) in [5.41, 5.74) is 1.39. The molecule has 0 radical (unpaired) electrons. The number of halogens is 1. The lowest BCUT2D eigenvalue weighted by molar-refractivity contribution is 0.0784. The average Bonchev–Trinajstić information content (AvgIpc) is 2.90. The van der Waals surface area contributed by atoms with Gasteiger partial charge in [0.2, 0.25) is 0 Å². The number of carbonyl (C=O) groups excluding carboxylic acids is 1. The Labute approximate surface area is 134 Å². The maximum absolute atomic E-state index is 12.5. The van der Waals surface area contributed by atoms with Crippen LogP contribution in [-0.4, -0.2) is 41.9 Å². The summed E-state index contributed by atoms with van der Waals surface area (Å²) in [6, 6.07) is 3.19. The average molecular weight is 324 g/mol. The Morgan fingerprint density at radius 1 is 1.36 bits per heavy atom. The van der Waals surface area contributed by atoms with Crippen molar-refractivity contribution in [3.05, 3.63) is 40.7 Å². The van der Waals surface area contributed by atoms with Crippen molar-refractivity contribution in [2.45, 2.75) is 6.54 Å². The van der Waals surface area contributed by atoms with Crippen LogP contribution in [0.3, 0.4) is 0 Å². The van der Waals surface area contributed by atoms with Gasteiger partial charge in [-0.25, -0.2) is 0 Å². The van der Waals surface area contributed by atoms with Gasteiger partial charge in [0.15, 0.2) is 11.5 Å². The van der Waals surface area contributed by atoms with E-state index in [0.717, 1.165) is 5.56 Å². The van der Waals surface area contributed by atoms with E-state index in [2.05, 4.69) is 5.10 Å². The molecule has 1 heterocycles. The highest BCUT2D eigenvalue weighted by molar-refractivity contribution is 6.32. The Bertz CT molecular complexity index is 685. The van der Waals surface area contributed by atoms with Crippen LogP contribution in [0.4, 0.5) is 0 Å². The summed E-state index contributed by atoms with van der Waals surface area (Å²) in [4.78, 5) is 14.1. The number of methoxy groups -OCH3 is 2. The van der Waals surface area contributed by atoms with Gasteiger partial charge in [-0.1, -0.05) is 11.6 Å². The molecule has 118 valence electrons. The first-order valence-corrected chi connectivity index (χ1v) is 6.98. The molecule has 1 aromatic heterocycles. The number of aromatic nitrogens is 2. The summed E-state index contributed by atoms with van der Waals surface area (Å²) in [7, 11) is 6.56. The molecule has 0 saturated heterocycles. The third-order valence-electron chi connectivity index (χ3n) is 3.21. The number of nitrogens with zero attached hydrogens (tertiary/aromatic N) is 3. The minimum absolute atomic E-state index is 0.160. The zero-order chi connectivity index (χ0) is 16.3. The number of aryl methyl sites for hydroxylation is 1. The van der Waals surface area contributed by atoms with Crippen LogP contribution in [-0.2, 0) is 13.6 Å². The predicted molar refractivity (Wildman–Crippen MR) is 83.6 cm³/mol. The van der Waals surface area contributed by atoms with Crippen molar-refractivity contribution in [3.63, 3.8) is 0 Å². The monoisotopic (exact) mass is 323 g/mol. The fourth-order valence-electron chi connectivity index (χ4n) is 2.16. The second-order valence-corrected chi connectivity index (χ2v) is 5.28. The minimum atomic E-state index is -0.160. The quantitative estimate of drug-likeness (QED) is 0.847. The molecule has 0 aliphatic carbocycles. The molecule has 0 unspecified atom stereocenters. The van der Waals surface area contributed by atoms with Gasteiger partial charge in [0.05, 0.1) is 25.4 Å². The molecular formula is C15H18ClN3O3. The molecule has 0 spiro atoms. The smallest absolute Gasteiger partial charge is 0.254 e. The fraction of sp³-hybridized carbons (Fsp3) is 0.333. The van der Waals surface area contributed by atoms with E-state index in [1.54, 1.807) is 35.0 Å². The first-order valence-electron chi connectivity index (χ1n) is 6.60. The van der Waals surface area contributed by atoms with Crippen LogP contribution >= 0.6 is 11.6 Å². The second-order valence-electron chi connectivity index (χ2n) is 4.88. The molecule has 2 aromatic rings. The summed E-state index contributed by atoms with van der Waals surface area (Å²) in [5.74, 6) is 0.676. The number of hydrogen-bond acceptors (Lipinski definition) is 4. The Balaban J connectivity index is 2.23. The van der Waals surface area contributed by atoms with Gasteiger partial charge in [-0.2, -0.15) is 5.10 Å². The normalized spacial score (nSPS) is 10.4. The molecule has 22 heavy (non-hydrogen) atoms. The molecule has 6 nitrogen and oxygen atoms in total. The van der Waals surface area contributed by atoms with Crippen LogP contribution in [0.15, 0.2) is 24.5 Å². The minimum Gasteiger partial charge on any atom is -0.493 e. The van der Waals surface area contributed by atoms with Crippen molar-refractivity contribution in [2.24, 2.45) is 7.05 Å². The topological polar surface area (TPSA) is 56.6 Å². The van der Waals surface area contributed by atoms with E-state index in [-0.39, 0.29) is 5.91 Å². The zero-order valence-corrected chi connectivity index (χ0v) is 13.7. The molecule has 0 fully saturated rings. The van der Waals surface area contributed by atoms with E-state index in [0.29, 0.717) is 28.6 Å². The van der Waals surface area contributed by atoms with Gasteiger partial charge in [0, 0.05) is 38.0 Å². The fourth-order valence-corrected chi connectivity index (χ4v) is 2.45. The zero-order valence-electron chi connectivity index (χ0n) is 13.0. The van der Waals surface area contributed by atoms with Crippen LogP contribution < -0.4 is 9.47 Å². The summed E-state index contributed by atoms with van der Waals surface area (Å²) in [5, 5.41) is 4.42. The van der Waals surface area contributed by atoms with Crippen molar-refractivity contribution in [2.75, 3.05) is 21.3 Å². The number of amides is 1. The molecule has 1 aromatic carbocycles. The predicted octanol–water partition coefficient (Wildman–Crippen LogP) is 2.36. The number of carbonyl (C=O) groups is 1. The molecule has 0 aliphatic heterocycles. The van der Waals surface area contributed by atoms with Crippen LogP contribution in [0.5, 0.6) is 11.5 Å². The largest absolute Gasteiger partial charge is 0.493 e. The Morgan fingerprint density at radius 3 is 2.64 bits per heavy atom. The van der Waals surface area contributed by atoms with Crippen molar-refractivity contribution in [1.29, 1.82) is 0 Å². The van der Waals surface area contributed by atoms with Gasteiger partial charge in [0.25, 0.3) is 5.91 Å². The molecule has 0 N–H and O–H groups in total. The van der Waals surface area contributed by atoms with E-state index in [9.17, 15) is 4.79 Å². The summed E-state index contributed by atoms with van der Waals surface area (Å²) >= 11 is 6.14. The Morgan fingerprint density at radius 2 is 2.09 bits per heavy atom. The van der Waals surface area contributed by atoms with Gasteiger partial charge in [-0.15, -0.1) is 0 Å². The molecular weight excluding hydrogens is 306 g/mol. The molecule has 2 rings (SSSR count). The molecule has 0 bridgehead atoms. The van der Waals surface area contributed by atoms with Crippen LogP contribution in [0.1, 0.15) is 15.9 Å². The Kier molecular flexibility index (Phi) is 4.92. The van der Waals surface area contributed by atoms with Gasteiger partial charge >= 0.3 is 0 Å². The lowest BCUT2D eigenvalue weighted by atomic mass is 10.1. The van der Waals surface area contributed by atoms with Crippen molar-refractivity contribution in [3.8, 4) is 11.5 Å². The van der Waals surface area contributed by atoms with Gasteiger partial charge in [0.1, 0.15) is 0 Å². The number of benzene rings is 1. The lowest BCUT2D eigenvalue weighted by Crippen LogP contribution is -2.26. The van der Waals surface area contributed by atoms with Crippen LogP contribution in [0.25, 0.3) is 0 Å². The van der Waals surface area contributed by atoms with Gasteiger partial charge in [-0.3, -0.25) is 9.48 Å². The van der Waals surface area contributed by atoms with E-state index < -0.39 is 0 Å². The highest BCUT2D eigenvalue weighted by Gasteiger charge is 2.18. The maximum atomic E-state index is 12.5. The number of rotatable bonds is 5. The summed E-state index contributed by atoms with van der Waals surface area (Å²) in [6.45, 7) is 0.457. The molecule has 0 aliphatic rings. The summed E-state index contributed by atoms with van der Waals surface area (Å²) in [6.07, 6.45) is 3.59. The molecule has 0 saturated carbocycles. The number of hydrogen-bond donors (Lipinski definition) is 0. The number of ether oxygens (including phenoxy) is 2. The van der Waals surface area contributed by atoms with Crippen molar-refractivity contribution in [1.82, 2.24) is 14.7 Å². The van der Waals surface area contributed by atoms with E-state index in [1.807, 2.05) is 13.2 Å². The van der Waals surface area contributed by atoms with Crippen molar-refractivity contribution >= 4 is 17.5 Å². The van der Waals surface area contributed by atoms with E-state index in [1.165, 1.54) is 14.2 Å². The standard InChI is InChI=1S/C15H18ClN3O3/c1-18(8-10-7-17-19(2)9-10)15(20)11-5-12(16)14(22-4)13(6-11)21-3/h5-7,9H,8H2,1-4H3. The lowest BCUT2D eigenvalue weighted by Gasteiger charge is -2.18. The molecule has 1 amide bonds. The highest BCUT2D eigenvalue weighted by Crippen LogP contribution is 2.36.